The van der Waals surface area contributed by atoms with Crippen molar-refractivity contribution in [3.63, 3.8) is 0 Å². The maximum atomic E-state index is 12.4. The lowest BCUT2D eigenvalue weighted by Gasteiger charge is -2.13. The van der Waals surface area contributed by atoms with E-state index in [9.17, 15) is 19.5 Å². The Balaban J connectivity index is 1.83. The van der Waals surface area contributed by atoms with E-state index in [1.807, 2.05) is 0 Å². The molecule has 1 amide bonds. The molecule has 2 aromatic rings. The summed E-state index contributed by atoms with van der Waals surface area (Å²) in [5.74, 6) is -1.93. The summed E-state index contributed by atoms with van der Waals surface area (Å²) < 4.78 is 6.25. The molecule has 0 unspecified atom stereocenters. The molecule has 1 aliphatic rings. The topological polar surface area (TPSA) is 113 Å². The molecule has 0 bridgehead atoms. The highest BCUT2D eigenvalue weighted by Crippen LogP contribution is 2.12. The van der Waals surface area contributed by atoms with Crippen LogP contribution in [-0.4, -0.2) is 40.9 Å². The number of fused-ring (bicyclic) bond motifs is 1. The molecule has 2 heterocycles. The van der Waals surface area contributed by atoms with Crippen LogP contribution in [0, 0.1) is 0 Å². The second-order valence-electron chi connectivity index (χ2n) is 5.58. The smallest absolute Gasteiger partial charge is 0.275 e. The number of nitrogens with one attached hydrogen (secondary N) is 1. The first-order valence-corrected chi connectivity index (χ1v) is 7.66. The number of aromatic nitrogens is 2. The minimum atomic E-state index is -1.50. The van der Waals surface area contributed by atoms with Crippen LogP contribution >= 0.6 is 0 Å². The van der Waals surface area contributed by atoms with E-state index in [4.69, 9.17) is 4.74 Å². The third-order valence-corrected chi connectivity index (χ3v) is 3.91. The van der Waals surface area contributed by atoms with Crippen LogP contribution in [0.15, 0.2) is 29.1 Å². The molecule has 1 atom stereocenters. The zero-order valence-corrected chi connectivity index (χ0v) is 12.9. The fourth-order valence-corrected chi connectivity index (χ4v) is 2.72. The van der Waals surface area contributed by atoms with Gasteiger partial charge in [0.25, 0.3) is 5.56 Å². The average Bonchev–Trinajstić information content (AvgIpc) is 3.09. The van der Waals surface area contributed by atoms with E-state index in [2.05, 4.69) is 10.4 Å². The fraction of sp³-hybridized carbons (Fsp3) is 0.375. The Morgan fingerprint density at radius 2 is 2.08 bits per heavy atom. The number of rotatable bonds is 5. The SMILES string of the molecule is O=C(Cn1nc(C(=O)[O-])c2ccccc2c1=O)NC[C@@H]1CCCO1. The largest absolute Gasteiger partial charge is 0.543 e. The van der Waals surface area contributed by atoms with Crippen LogP contribution in [-0.2, 0) is 16.1 Å². The number of hydrogen-bond donors (Lipinski definition) is 1. The van der Waals surface area contributed by atoms with Gasteiger partial charge in [-0.2, -0.15) is 5.10 Å². The predicted molar refractivity (Wildman–Crippen MR) is 82.3 cm³/mol. The van der Waals surface area contributed by atoms with E-state index in [-0.39, 0.29) is 29.1 Å². The van der Waals surface area contributed by atoms with E-state index in [1.165, 1.54) is 12.1 Å². The van der Waals surface area contributed by atoms with Crippen molar-refractivity contribution in [2.24, 2.45) is 0 Å². The molecule has 1 aromatic carbocycles. The van der Waals surface area contributed by atoms with Crippen molar-refractivity contribution < 1.29 is 19.4 Å². The van der Waals surface area contributed by atoms with E-state index < -0.39 is 17.4 Å². The molecule has 0 spiro atoms. The average molecular weight is 330 g/mol. The molecule has 0 radical (unpaired) electrons. The van der Waals surface area contributed by atoms with Gasteiger partial charge in [0, 0.05) is 18.5 Å². The summed E-state index contributed by atoms with van der Waals surface area (Å²) in [6, 6.07) is 6.20. The molecule has 126 valence electrons. The van der Waals surface area contributed by atoms with Crippen molar-refractivity contribution in [1.29, 1.82) is 0 Å². The van der Waals surface area contributed by atoms with Crippen molar-refractivity contribution in [1.82, 2.24) is 15.1 Å². The van der Waals surface area contributed by atoms with Crippen molar-refractivity contribution in [2.45, 2.75) is 25.5 Å². The number of aromatic carboxylic acids is 1. The van der Waals surface area contributed by atoms with Crippen molar-refractivity contribution in [3.8, 4) is 0 Å². The zero-order chi connectivity index (χ0) is 17.1. The van der Waals surface area contributed by atoms with Crippen LogP contribution in [0.3, 0.4) is 0 Å². The molecule has 3 rings (SSSR count). The number of carbonyl (C=O) groups is 2. The highest BCUT2D eigenvalue weighted by atomic mass is 16.5. The van der Waals surface area contributed by atoms with Gasteiger partial charge in [-0.05, 0) is 18.9 Å². The summed E-state index contributed by atoms with van der Waals surface area (Å²) in [6.45, 7) is 0.673. The summed E-state index contributed by atoms with van der Waals surface area (Å²) >= 11 is 0. The Morgan fingerprint density at radius 1 is 1.33 bits per heavy atom. The number of nitrogens with zero attached hydrogens (tertiary/aromatic N) is 2. The standard InChI is InChI=1S/C16H17N3O5/c20-13(17-8-10-4-3-7-24-10)9-19-15(21)12-6-2-1-5-11(12)14(18-19)16(22)23/h1-2,5-6,10H,3-4,7-9H2,(H,17,20)(H,22,23)/p-1/t10-/m0/s1. The number of carboxylic acid groups (broad SMARTS) is 1. The van der Waals surface area contributed by atoms with Crippen LogP contribution in [0.2, 0.25) is 0 Å². The normalized spacial score (nSPS) is 17.1. The van der Waals surface area contributed by atoms with Crippen LogP contribution < -0.4 is 16.0 Å². The Hall–Kier alpha value is -2.74. The lowest BCUT2D eigenvalue weighted by molar-refractivity contribution is -0.255. The van der Waals surface area contributed by atoms with Gasteiger partial charge in [0.1, 0.15) is 12.2 Å². The van der Waals surface area contributed by atoms with E-state index in [1.54, 1.807) is 12.1 Å². The highest BCUT2D eigenvalue weighted by molar-refractivity contribution is 6.00. The molecule has 1 N–H and O–H groups in total. The molecule has 1 aromatic heterocycles. The summed E-state index contributed by atoms with van der Waals surface area (Å²) in [6.07, 6.45) is 1.82. The first-order valence-electron chi connectivity index (χ1n) is 7.66. The summed E-state index contributed by atoms with van der Waals surface area (Å²) in [4.78, 5) is 35.6. The zero-order valence-electron chi connectivity index (χ0n) is 12.9. The lowest BCUT2D eigenvalue weighted by Crippen LogP contribution is -2.38. The number of carbonyl (C=O) groups excluding carboxylic acids is 2. The number of amides is 1. The van der Waals surface area contributed by atoms with Gasteiger partial charge in [0.15, 0.2) is 0 Å². The van der Waals surface area contributed by atoms with Gasteiger partial charge in [0.05, 0.1) is 17.5 Å². The molecule has 24 heavy (non-hydrogen) atoms. The van der Waals surface area contributed by atoms with Gasteiger partial charge < -0.3 is 20.0 Å². The van der Waals surface area contributed by atoms with Crippen LogP contribution in [0.5, 0.6) is 0 Å². The van der Waals surface area contributed by atoms with Crippen LogP contribution in [0.4, 0.5) is 0 Å². The number of hydrogen-bond acceptors (Lipinski definition) is 6. The molecule has 8 heteroatoms. The van der Waals surface area contributed by atoms with Crippen molar-refractivity contribution >= 4 is 22.6 Å². The van der Waals surface area contributed by atoms with Crippen molar-refractivity contribution in [3.05, 3.63) is 40.3 Å². The predicted octanol–water partition coefficient (Wildman–Crippen LogP) is -0.945. The highest BCUT2D eigenvalue weighted by Gasteiger charge is 2.17. The second kappa shape index (κ2) is 6.79. The maximum Gasteiger partial charge on any atom is 0.275 e. The van der Waals surface area contributed by atoms with E-state index in [0.717, 1.165) is 17.5 Å². The van der Waals surface area contributed by atoms with Crippen molar-refractivity contribution in [2.75, 3.05) is 13.2 Å². The first-order chi connectivity index (χ1) is 11.6. The monoisotopic (exact) mass is 330 g/mol. The van der Waals surface area contributed by atoms with Crippen LogP contribution in [0.25, 0.3) is 10.8 Å². The summed E-state index contributed by atoms with van der Waals surface area (Å²) in [5, 5.41) is 18.1. The molecule has 1 saturated heterocycles. The van der Waals surface area contributed by atoms with E-state index >= 15 is 0 Å². The molecule has 0 saturated carbocycles. The van der Waals surface area contributed by atoms with Gasteiger partial charge in [-0.15, -0.1) is 0 Å². The fourth-order valence-electron chi connectivity index (χ4n) is 2.72. The van der Waals surface area contributed by atoms with Gasteiger partial charge in [-0.25, -0.2) is 4.68 Å². The Morgan fingerprint density at radius 3 is 2.75 bits per heavy atom. The molecule has 1 aliphatic heterocycles. The second-order valence-corrected chi connectivity index (χ2v) is 5.58. The minimum Gasteiger partial charge on any atom is -0.543 e. The van der Waals surface area contributed by atoms with Gasteiger partial charge in [-0.3, -0.25) is 9.59 Å². The van der Waals surface area contributed by atoms with E-state index in [0.29, 0.717) is 13.2 Å². The van der Waals surface area contributed by atoms with Gasteiger partial charge in [0.2, 0.25) is 5.91 Å². The Kier molecular flexibility index (Phi) is 4.57. The molecular weight excluding hydrogens is 314 g/mol. The quantitative estimate of drug-likeness (QED) is 0.756. The molecule has 8 nitrogen and oxygen atoms in total. The first kappa shape index (κ1) is 16.1. The third-order valence-electron chi connectivity index (χ3n) is 3.91. The number of carboxylic acids is 1. The summed E-state index contributed by atoms with van der Waals surface area (Å²) in [7, 11) is 0. The molecular formula is C16H16N3O5-. The Bertz CT molecular complexity index is 839. The summed E-state index contributed by atoms with van der Waals surface area (Å²) in [5.41, 5.74) is -0.889. The third kappa shape index (κ3) is 3.28. The number of benzene rings is 1. The van der Waals surface area contributed by atoms with Gasteiger partial charge in [-0.1, -0.05) is 18.2 Å². The molecule has 1 fully saturated rings. The number of ether oxygens (including phenoxy) is 1. The lowest BCUT2D eigenvalue weighted by atomic mass is 10.1. The molecule has 0 aliphatic carbocycles. The van der Waals surface area contributed by atoms with Gasteiger partial charge >= 0.3 is 0 Å². The maximum absolute atomic E-state index is 12.4. The van der Waals surface area contributed by atoms with Crippen LogP contribution in [0.1, 0.15) is 23.3 Å². The Labute approximate surface area is 137 Å². The minimum absolute atomic E-state index is 0.0194.